The SMILES string of the molecule is CC1CC1CN(C)c1cc(C(=O)O)cc(N(C)S(=O)(=O)C(C)C)n1. The molecular weight excluding hydrogens is 330 g/mol. The minimum absolute atomic E-state index is 0.0245. The molecule has 1 N–H and O–H groups in total. The lowest BCUT2D eigenvalue weighted by atomic mass is 10.2. The summed E-state index contributed by atoms with van der Waals surface area (Å²) >= 11 is 0. The van der Waals surface area contributed by atoms with E-state index < -0.39 is 21.2 Å². The van der Waals surface area contributed by atoms with Crippen molar-refractivity contribution in [2.75, 3.05) is 29.8 Å². The Balaban J connectivity index is 2.39. The van der Waals surface area contributed by atoms with Gasteiger partial charge in [-0.05, 0) is 44.2 Å². The molecule has 0 amide bonds. The third kappa shape index (κ3) is 3.80. The predicted molar refractivity (Wildman–Crippen MR) is 94.2 cm³/mol. The van der Waals surface area contributed by atoms with Gasteiger partial charge in [-0.2, -0.15) is 0 Å². The summed E-state index contributed by atoms with van der Waals surface area (Å²) in [6.07, 6.45) is 1.15. The first-order valence-corrected chi connectivity index (χ1v) is 9.48. The second-order valence-electron chi connectivity index (χ2n) is 6.79. The number of aromatic carboxylic acids is 1. The standard InChI is InChI=1S/C16H25N3O4S/c1-10(2)24(22,23)19(5)15-8-12(16(20)21)7-14(17-15)18(4)9-13-6-11(13)3/h7-8,10-11,13H,6,9H2,1-5H3,(H,20,21). The van der Waals surface area contributed by atoms with Gasteiger partial charge in [0, 0.05) is 20.6 Å². The normalized spacial score (nSPS) is 20.1. The third-order valence-electron chi connectivity index (χ3n) is 4.52. The van der Waals surface area contributed by atoms with Crippen LogP contribution in [0.4, 0.5) is 11.6 Å². The molecule has 0 aromatic carbocycles. The number of nitrogens with zero attached hydrogens (tertiary/aromatic N) is 3. The van der Waals surface area contributed by atoms with Crippen LogP contribution in [-0.4, -0.2) is 50.4 Å². The van der Waals surface area contributed by atoms with Crippen molar-refractivity contribution in [3.05, 3.63) is 17.7 Å². The topological polar surface area (TPSA) is 90.8 Å². The summed E-state index contributed by atoms with van der Waals surface area (Å²) in [4.78, 5) is 17.7. The lowest BCUT2D eigenvalue weighted by molar-refractivity contribution is 0.0697. The Morgan fingerprint density at radius 2 is 1.88 bits per heavy atom. The number of hydrogen-bond donors (Lipinski definition) is 1. The van der Waals surface area contributed by atoms with E-state index in [9.17, 15) is 18.3 Å². The average Bonchev–Trinajstić information content (AvgIpc) is 3.20. The van der Waals surface area contributed by atoms with E-state index in [-0.39, 0.29) is 11.4 Å². The van der Waals surface area contributed by atoms with Crippen LogP contribution in [0.5, 0.6) is 0 Å². The van der Waals surface area contributed by atoms with Gasteiger partial charge in [0.1, 0.15) is 11.6 Å². The molecule has 0 radical (unpaired) electrons. The van der Waals surface area contributed by atoms with E-state index in [0.29, 0.717) is 17.7 Å². The number of aromatic nitrogens is 1. The molecule has 2 unspecified atom stereocenters. The van der Waals surface area contributed by atoms with Gasteiger partial charge in [-0.25, -0.2) is 18.2 Å². The molecule has 134 valence electrons. The van der Waals surface area contributed by atoms with Crippen LogP contribution in [0.1, 0.15) is 37.6 Å². The van der Waals surface area contributed by atoms with Gasteiger partial charge in [-0.3, -0.25) is 4.31 Å². The van der Waals surface area contributed by atoms with Gasteiger partial charge in [-0.1, -0.05) is 6.92 Å². The molecule has 0 bridgehead atoms. The van der Waals surface area contributed by atoms with Crippen LogP contribution in [0, 0.1) is 11.8 Å². The van der Waals surface area contributed by atoms with Gasteiger partial charge in [0.2, 0.25) is 10.0 Å². The van der Waals surface area contributed by atoms with Gasteiger partial charge >= 0.3 is 5.97 Å². The summed E-state index contributed by atoms with van der Waals surface area (Å²) in [7, 11) is -0.329. The fourth-order valence-corrected chi connectivity index (χ4v) is 3.51. The molecule has 1 aliphatic carbocycles. The van der Waals surface area contributed by atoms with Crippen LogP contribution in [0.25, 0.3) is 0 Å². The summed E-state index contributed by atoms with van der Waals surface area (Å²) in [5.41, 5.74) is 0.0245. The summed E-state index contributed by atoms with van der Waals surface area (Å²) in [6, 6.07) is 2.77. The number of sulfonamides is 1. The fourth-order valence-electron chi connectivity index (χ4n) is 2.53. The minimum Gasteiger partial charge on any atom is -0.478 e. The highest BCUT2D eigenvalue weighted by Crippen LogP contribution is 2.38. The highest BCUT2D eigenvalue weighted by atomic mass is 32.2. The first-order valence-electron chi connectivity index (χ1n) is 7.98. The van der Waals surface area contributed by atoms with E-state index in [1.54, 1.807) is 13.8 Å². The Hall–Kier alpha value is -1.83. The average molecular weight is 355 g/mol. The zero-order chi connectivity index (χ0) is 18.2. The first kappa shape index (κ1) is 18.5. The maximum Gasteiger partial charge on any atom is 0.335 e. The van der Waals surface area contributed by atoms with Crippen LogP contribution in [0.3, 0.4) is 0 Å². The minimum atomic E-state index is -3.57. The number of pyridine rings is 1. The highest BCUT2D eigenvalue weighted by Gasteiger charge is 2.34. The molecule has 1 fully saturated rings. The van der Waals surface area contributed by atoms with E-state index in [1.165, 1.54) is 19.2 Å². The number of hydrogen-bond acceptors (Lipinski definition) is 5. The van der Waals surface area contributed by atoms with E-state index in [1.807, 2.05) is 11.9 Å². The molecule has 8 heteroatoms. The van der Waals surface area contributed by atoms with Gasteiger partial charge < -0.3 is 10.0 Å². The molecule has 1 saturated carbocycles. The van der Waals surface area contributed by atoms with Gasteiger partial charge in [-0.15, -0.1) is 0 Å². The third-order valence-corrected chi connectivity index (χ3v) is 6.66. The van der Waals surface area contributed by atoms with Crippen molar-refractivity contribution < 1.29 is 18.3 Å². The van der Waals surface area contributed by atoms with E-state index in [4.69, 9.17) is 0 Å². The molecular formula is C16H25N3O4S. The van der Waals surface area contributed by atoms with Crippen molar-refractivity contribution in [2.24, 2.45) is 11.8 Å². The van der Waals surface area contributed by atoms with Crippen molar-refractivity contribution in [2.45, 2.75) is 32.4 Å². The Morgan fingerprint density at radius 3 is 2.33 bits per heavy atom. The van der Waals surface area contributed by atoms with Crippen LogP contribution >= 0.6 is 0 Å². The maximum atomic E-state index is 12.3. The van der Waals surface area contributed by atoms with Crippen LogP contribution < -0.4 is 9.21 Å². The zero-order valence-electron chi connectivity index (χ0n) is 14.7. The Labute approximate surface area is 143 Å². The summed E-state index contributed by atoms with van der Waals surface area (Å²) in [5.74, 6) is 0.719. The van der Waals surface area contributed by atoms with Crippen LogP contribution in [-0.2, 0) is 10.0 Å². The molecule has 1 aliphatic rings. The maximum absolute atomic E-state index is 12.3. The molecule has 0 saturated heterocycles. The fraction of sp³-hybridized carbons (Fsp3) is 0.625. The molecule has 2 atom stereocenters. The lowest BCUT2D eigenvalue weighted by Crippen LogP contribution is -2.34. The van der Waals surface area contributed by atoms with E-state index >= 15 is 0 Å². The molecule has 2 rings (SSSR count). The monoisotopic (exact) mass is 355 g/mol. The molecule has 1 heterocycles. The second kappa shape index (κ2) is 6.58. The molecule has 7 nitrogen and oxygen atoms in total. The second-order valence-corrected chi connectivity index (χ2v) is 9.31. The summed E-state index contributed by atoms with van der Waals surface area (Å²) in [6.45, 7) is 6.11. The molecule has 24 heavy (non-hydrogen) atoms. The van der Waals surface area contributed by atoms with Crippen LogP contribution in [0.15, 0.2) is 12.1 Å². The molecule has 0 spiro atoms. The highest BCUT2D eigenvalue weighted by molar-refractivity contribution is 7.93. The molecule has 1 aromatic heterocycles. The Kier molecular flexibility index (Phi) is 5.08. The predicted octanol–water partition coefficient (Wildman–Crippen LogP) is 2.05. The Bertz CT molecular complexity index is 733. The number of rotatable bonds is 7. The largest absolute Gasteiger partial charge is 0.478 e. The number of carboxylic acids is 1. The lowest BCUT2D eigenvalue weighted by Gasteiger charge is -2.24. The van der Waals surface area contributed by atoms with Crippen molar-refractivity contribution in [1.29, 1.82) is 0 Å². The van der Waals surface area contributed by atoms with Gasteiger partial charge in [0.15, 0.2) is 0 Å². The number of carboxylic acid groups (broad SMARTS) is 1. The summed E-state index contributed by atoms with van der Waals surface area (Å²) in [5, 5.41) is 8.71. The van der Waals surface area contributed by atoms with E-state index in [0.717, 1.165) is 17.3 Å². The van der Waals surface area contributed by atoms with Gasteiger partial charge in [0.25, 0.3) is 0 Å². The number of anilines is 2. The van der Waals surface area contributed by atoms with Crippen molar-refractivity contribution in [3.63, 3.8) is 0 Å². The Morgan fingerprint density at radius 1 is 1.33 bits per heavy atom. The smallest absolute Gasteiger partial charge is 0.335 e. The summed E-state index contributed by atoms with van der Waals surface area (Å²) < 4.78 is 25.8. The first-order chi connectivity index (χ1) is 11.0. The molecule has 0 aliphatic heterocycles. The number of carbonyl (C=O) groups is 1. The quantitative estimate of drug-likeness (QED) is 0.805. The molecule has 1 aromatic rings. The van der Waals surface area contributed by atoms with Crippen LogP contribution in [0.2, 0.25) is 0 Å². The zero-order valence-corrected chi connectivity index (χ0v) is 15.5. The van der Waals surface area contributed by atoms with Crippen molar-refractivity contribution >= 4 is 27.6 Å². The van der Waals surface area contributed by atoms with Crippen molar-refractivity contribution in [1.82, 2.24) is 4.98 Å². The van der Waals surface area contributed by atoms with Gasteiger partial charge in [0.05, 0.1) is 10.8 Å². The van der Waals surface area contributed by atoms with E-state index in [2.05, 4.69) is 11.9 Å². The van der Waals surface area contributed by atoms with Crippen molar-refractivity contribution in [3.8, 4) is 0 Å².